The number of ether oxygens (including phenoxy) is 1. The van der Waals surface area contributed by atoms with Crippen LogP contribution in [-0.4, -0.2) is 61.2 Å². The Morgan fingerprint density at radius 3 is 2.61 bits per heavy atom. The first kappa shape index (κ1) is 24.6. The van der Waals surface area contributed by atoms with Gasteiger partial charge in [-0.3, -0.25) is 8.98 Å². The number of aliphatic hydroxyl groups is 1. The molecule has 1 amide bonds. The Kier molecular flexibility index (Phi) is 7.96. The van der Waals surface area contributed by atoms with Gasteiger partial charge in [-0.05, 0) is 37.1 Å². The van der Waals surface area contributed by atoms with Gasteiger partial charge in [0.15, 0.2) is 0 Å². The quantitative estimate of drug-likeness (QED) is 0.446. The summed E-state index contributed by atoms with van der Waals surface area (Å²) < 4.78 is 34.5. The summed E-state index contributed by atoms with van der Waals surface area (Å²) in [5.74, 6) is 0.177. The number of amides is 1. The van der Waals surface area contributed by atoms with E-state index in [1.807, 2.05) is 25.1 Å². The van der Waals surface area contributed by atoms with Crippen molar-refractivity contribution < 1.29 is 27.2 Å². The summed E-state index contributed by atoms with van der Waals surface area (Å²) in [4.78, 5) is 22.8. The molecule has 0 bridgehead atoms. The van der Waals surface area contributed by atoms with E-state index >= 15 is 0 Å². The van der Waals surface area contributed by atoms with Crippen LogP contribution in [0.4, 0.5) is 0 Å². The number of nitrogens with zero attached hydrogens (tertiary/aromatic N) is 3. The predicted octanol–water partition coefficient (Wildman–Crippen LogP) is 2.45. The number of carbonyl (C=O) groups excluding carboxylic acids is 1. The van der Waals surface area contributed by atoms with Crippen molar-refractivity contribution in [3.8, 4) is 5.88 Å². The fourth-order valence-corrected chi connectivity index (χ4v) is 4.09. The second-order valence-electron chi connectivity index (χ2n) is 7.69. The van der Waals surface area contributed by atoms with Crippen LogP contribution in [0.15, 0.2) is 53.6 Å². The number of rotatable bonds is 10. The van der Waals surface area contributed by atoms with Crippen molar-refractivity contribution in [2.75, 3.05) is 20.8 Å². The fourth-order valence-electron chi connectivity index (χ4n) is 3.15. The Labute approximate surface area is 193 Å². The minimum Gasteiger partial charge on any atom is -0.480 e. The zero-order valence-electron chi connectivity index (χ0n) is 18.8. The lowest BCUT2D eigenvalue weighted by Gasteiger charge is -2.19. The maximum Gasteiger partial charge on any atom is 0.297 e. The lowest BCUT2D eigenvalue weighted by molar-refractivity contribution is -0.131. The number of benzene rings is 2. The van der Waals surface area contributed by atoms with Crippen LogP contribution in [0.2, 0.25) is 0 Å². The molecule has 1 unspecified atom stereocenters. The van der Waals surface area contributed by atoms with E-state index in [9.17, 15) is 18.3 Å². The van der Waals surface area contributed by atoms with Crippen LogP contribution in [-0.2, 0) is 25.6 Å². The first-order valence-corrected chi connectivity index (χ1v) is 11.8. The van der Waals surface area contributed by atoms with E-state index in [0.29, 0.717) is 23.5 Å². The molecule has 1 atom stereocenters. The van der Waals surface area contributed by atoms with Gasteiger partial charge in [-0.1, -0.05) is 29.8 Å². The number of aromatic nitrogens is 2. The van der Waals surface area contributed by atoms with Crippen molar-refractivity contribution >= 4 is 27.1 Å². The zero-order valence-corrected chi connectivity index (χ0v) is 19.6. The van der Waals surface area contributed by atoms with Gasteiger partial charge >= 0.3 is 0 Å². The summed E-state index contributed by atoms with van der Waals surface area (Å²) in [6, 6.07) is 11.8. The maximum absolute atomic E-state index is 12.6. The summed E-state index contributed by atoms with van der Waals surface area (Å²) in [5.41, 5.74) is 3.07. The number of methoxy groups -OCH3 is 1. The monoisotopic (exact) mass is 473 g/mol. The average molecular weight is 474 g/mol. The number of fused-ring (bicyclic) bond motifs is 1. The minimum atomic E-state index is -3.97. The molecule has 3 rings (SSSR count). The van der Waals surface area contributed by atoms with Crippen molar-refractivity contribution in [1.82, 2.24) is 14.9 Å². The van der Waals surface area contributed by atoms with Crippen molar-refractivity contribution in [3.05, 3.63) is 59.8 Å². The molecule has 0 saturated heterocycles. The predicted molar refractivity (Wildman–Crippen MR) is 122 cm³/mol. The third-order valence-corrected chi connectivity index (χ3v) is 6.39. The first-order chi connectivity index (χ1) is 15.7. The molecule has 1 heterocycles. The van der Waals surface area contributed by atoms with Gasteiger partial charge < -0.3 is 14.7 Å². The minimum absolute atomic E-state index is 0.0194. The van der Waals surface area contributed by atoms with Crippen molar-refractivity contribution in [3.63, 3.8) is 0 Å². The summed E-state index contributed by atoms with van der Waals surface area (Å²) in [6.07, 6.45) is 0.528. The van der Waals surface area contributed by atoms with Gasteiger partial charge in [-0.15, -0.1) is 0 Å². The molecule has 9 nitrogen and oxygen atoms in total. The number of hydrogen-bond acceptors (Lipinski definition) is 8. The molecule has 0 aliphatic heterocycles. The maximum atomic E-state index is 12.6. The van der Waals surface area contributed by atoms with E-state index in [1.165, 1.54) is 30.3 Å². The van der Waals surface area contributed by atoms with Gasteiger partial charge in [0, 0.05) is 20.0 Å². The number of para-hydroxylation sites is 1. The van der Waals surface area contributed by atoms with Gasteiger partial charge in [0.05, 0.1) is 41.9 Å². The number of aliphatic hydroxyl groups excluding tert-OH is 1. The highest BCUT2D eigenvalue weighted by molar-refractivity contribution is 7.86. The summed E-state index contributed by atoms with van der Waals surface area (Å²) in [7, 11) is -0.811. The van der Waals surface area contributed by atoms with Crippen molar-refractivity contribution in [2.24, 2.45) is 0 Å². The highest BCUT2D eigenvalue weighted by Crippen LogP contribution is 2.20. The third-order valence-electron chi connectivity index (χ3n) is 5.09. The largest absolute Gasteiger partial charge is 0.480 e. The van der Waals surface area contributed by atoms with E-state index in [0.717, 1.165) is 11.1 Å². The third kappa shape index (κ3) is 6.47. The number of aryl methyl sites for hydroxylation is 1. The highest BCUT2D eigenvalue weighted by Gasteiger charge is 2.19. The second-order valence-corrected chi connectivity index (χ2v) is 9.31. The van der Waals surface area contributed by atoms with Gasteiger partial charge in [-0.25, -0.2) is 9.97 Å². The molecule has 3 aromatic rings. The summed E-state index contributed by atoms with van der Waals surface area (Å²) in [5, 5.41) is 10.1. The van der Waals surface area contributed by atoms with E-state index in [-0.39, 0.29) is 23.6 Å². The molecule has 33 heavy (non-hydrogen) atoms. The van der Waals surface area contributed by atoms with E-state index in [4.69, 9.17) is 8.92 Å². The van der Waals surface area contributed by atoms with E-state index < -0.39 is 22.8 Å². The Balaban J connectivity index is 1.53. The van der Waals surface area contributed by atoms with Gasteiger partial charge in [0.1, 0.15) is 0 Å². The van der Waals surface area contributed by atoms with Crippen LogP contribution in [0, 0.1) is 6.92 Å². The number of hydrogen-bond donors (Lipinski definition) is 1. The molecule has 2 aromatic carbocycles. The van der Waals surface area contributed by atoms with Crippen LogP contribution >= 0.6 is 0 Å². The van der Waals surface area contributed by atoms with Crippen LogP contribution in [0.3, 0.4) is 0 Å². The molecule has 0 saturated carbocycles. The van der Waals surface area contributed by atoms with Gasteiger partial charge in [-0.2, -0.15) is 8.42 Å². The van der Waals surface area contributed by atoms with Gasteiger partial charge in [0.2, 0.25) is 11.8 Å². The van der Waals surface area contributed by atoms with Crippen molar-refractivity contribution in [2.45, 2.75) is 37.3 Å². The molecule has 10 heteroatoms. The molecular weight excluding hydrogens is 446 g/mol. The highest BCUT2D eigenvalue weighted by atomic mass is 32.2. The summed E-state index contributed by atoms with van der Waals surface area (Å²) in [6.45, 7) is 1.72. The summed E-state index contributed by atoms with van der Waals surface area (Å²) >= 11 is 0. The molecule has 0 spiro atoms. The lowest BCUT2D eigenvalue weighted by Crippen LogP contribution is -2.28. The molecule has 176 valence electrons. The topological polar surface area (TPSA) is 119 Å². The average Bonchev–Trinajstić information content (AvgIpc) is 2.81. The molecule has 1 N–H and O–H groups in total. The Morgan fingerprint density at radius 2 is 1.91 bits per heavy atom. The molecule has 1 aromatic heterocycles. The molecule has 0 fully saturated rings. The molecular formula is C23H27N3O6S. The Bertz CT molecular complexity index is 1210. The van der Waals surface area contributed by atoms with Gasteiger partial charge in [0.25, 0.3) is 10.1 Å². The van der Waals surface area contributed by atoms with Crippen LogP contribution < -0.4 is 4.74 Å². The molecule has 0 aliphatic carbocycles. The number of carbonyl (C=O) groups is 1. The first-order valence-electron chi connectivity index (χ1n) is 10.4. The van der Waals surface area contributed by atoms with Crippen LogP contribution in [0.5, 0.6) is 5.88 Å². The Morgan fingerprint density at radius 1 is 1.18 bits per heavy atom. The fraction of sp³-hybridized carbons (Fsp3) is 0.348. The molecule has 0 aliphatic rings. The Hall–Kier alpha value is -3.08. The van der Waals surface area contributed by atoms with Crippen LogP contribution in [0.25, 0.3) is 11.0 Å². The normalized spacial score (nSPS) is 12.5. The zero-order chi connectivity index (χ0) is 24.0. The van der Waals surface area contributed by atoms with E-state index in [1.54, 1.807) is 19.2 Å². The standard InChI is InChI=1S/C23H27N3O6S/c1-16-7-10-19(11-8-16)33(29,30)32-15-18(27)9-12-22(28)26(2)14-17-5-4-6-20-23(17)25-21(31-3)13-24-20/h4-8,10-11,13,18,27H,9,12,14-15H2,1-3H3. The molecule has 0 radical (unpaired) electrons. The van der Waals surface area contributed by atoms with Crippen LogP contribution in [0.1, 0.15) is 24.0 Å². The lowest BCUT2D eigenvalue weighted by atomic mass is 10.1. The van der Waals surface area contributed by atoms with E-state index in [2.05, 4.69) is 9.97 Å². The SMILES string of the molecule is COc1cnc2cccc(CN(C)C(=O)CCC(O)COS(=O)(=O)c3ccc(C)cc3)c2n1. The van der Waals surface area contributed by atoms with Crippen molar-refractivity contribution in [1.29, 1.82) is 0 Å². The smallest absolute Gasteiger partial charge is 0.297 e. The second kappa shape index (κ2) is 10.7.